The minimum Gasteiger partial charge on any atom is -0.457 e. The average Bonchev–Trinajstić information content (AvgIpc) is 2.57. The zero-order valence-corrected chi connectivity index (χ0v) is 13.7. The van der Waals surface area contributed by atoms with E-state index in [4.69, 9.17) is 4.74 Å². The average molecular weight is 328 g/mol. The predicted octanol–water partition coefficient (Wildman–Crippen LogP) is 3.47. The van der Waals surface area contributed by atoms with Gasteiger partial charge in [-0.3, -0.25) is 9.69 Å². The van der Waals surface area contributed by atoms with Crippen LogP contribution < -0.4 is 10.1 Å². The minimum absolute atomic E-state index is 0.0220. The number of nitrogens with zero attached hydrogens (tertiary/aromatic N) is 1. The van der Waals surface area contributed by atoms with Crippen LogP contribution in [0.5, 0.6) is 11.5 Å². The number of thioether (sulfide) groups is 1. The third-order valence-electron chi connectivity index (χ3n) is 3.57. The van der Waals surface area contributed by atoms with Crippen molar-refractivity contribution in [1.82, 2.24) is 4.90 Å². The molecule has 2 aromatic rings. The zero-order valence-electron chi connectivity index (χ0n) is 12.9. The number of ether oxygens (including phenoxy) is 1. The van der Waals surface area contributed by atoms with Gasteiger partial charge >= 0.3 is 0 Å². The van der Waals surface area contributed by atoms with E-state index in [1.165, 1.54) is 0 Å². The molecule has 1 N–H and O–H groups in total. The second-order valence-electron chi connectivity index (χ2n) is 5.38. The normalized spacial score (nSPS) is 15.1. The quantitative estimate of drug-likeness (QED) is 0.912. The van der Waals surface area contributed by atoms with Gasteiger partial charge in [0.05, 0.1) is 6.54 Å². The van der Waals surface area contributed by atoms with Gasteiger partial charge in [-0.2, -0.15) is 11.8 Å². The lowest BCUT2D eigenvalue weighted by Crippen LogP contribution is -2.38. The van der Waals surface area contributed by atoms with Gasteiger partial charge in [0, 0.05) is 36.3 Å². The number of hydrogen-bond acceptors (Lipinski definition) is 4. The van der Waals surface area contributed by atoms with Gasteiger partial charge in [-0.05, 0) is 24.3 Å². The molecule has 0 radical (unpaired) electrons. The molecule has 0 aromatic heterocycles. The van der Waals surface area contributed by atoms with Crippen LogP contribution in [0.2, 0.25) is 0 Å². The molecule has 0 saturated carbocycles. The Morgan fingerprint density at radius 2 is 1.78 bits per heavy atom. The van der Waals surface area contributed by atoms with Crippen molar-refractivity contribution in [2.75, 3.05) is 36.5 Å². The van der Waals surface area contributed by atoms with E-state index < -0.39 is 0 Å². The molecule has 1 aliphatic heterocycles. The number of carbonyl (C=O) groups excluding carboxylic acids is 1. The first-order chi connectivity index (χ1) is 11.3. The topological polar surface area (TPSA) is 41.6 Å². The summed E-state index contributed by atoms with van der Waals surface area (Å²) in [4.78, 5) is 14.3. The number of amides is 1. The molecule has 2 aromatic carbocycles. The third-order valence-corrected chi connectivity index (χ3v) is 4.51. The summed E-state index contributed by atoms with van der Waals surface area (Å²) >= 11 is 1.94. The lowest BCUT2D eigenvalue weighted by Gasteiger charge is -2.25. The van der Waals surface area contributed by atoms with Gasteiger partial charge in [-0.25, -0.2) is 0 Å². The maximum atomic E-state index is 12.1. The number of para-hydroxylation sites is 1. The highest BCUT2D eigenvalue weighted by Crippen LogP contribution is 2.23. The monoisotopic (exact) mass is 328 g/mol. The van der Waals surface area contributed by atoms with E-state index in [2.05, 4.69) is 10.2 Å². The van der Waals surface area contributed by atoms with Gasteiger partial charge < -0.3 is 10.1 Å². The molecule has 1 amide bonds. The van der Waals surface area contributed by atoms with Gasteiger partial charge in [0.15, 0.2) is 0 Å². The summed E-state index contributed by atoms with van der Waals surface area (Å²) in [5.41, 5.74) is 0.759. The van der Waals surface area contributed by atoms with Gasteiger partial charge in [0.1, 0.15) is 11.5 Å². The second kappa shape index (κ2) is 8.04. The van der Waals surface area contributed by atoms with Crippen molar-refractivity contribution in [1.29, 1.82) is 0 Å². The molecule has 23 heavy (non-hydrogen) atoms. The number of rotatable bonds is 5. The summed E-state index contributed by atoms with van der Waals surface area (Å²) in [6.45, 7) is 2.41. The van der Waals surface area contributed by atoms with Gasteiger partial charge in [0.25, 0.3) is 0 Å². The first-order valence-corrected chi connectivity index (χ1v) is 8.88. The minimum atomic E-state index is 0.0220. The van der Waals surface area contributed by atoms with E-state index in [1.54, 1.807) is 0 Å². The second-order valence-corrected chi connectivity index (χ2v) is 6.60. The molecule has 1 fully saturated rings. The lowest BCUT2D eigenvalue weighted by atomic mass is 10.3. The van der Waals surface area contributed by atoms with Crippen LogP contribution in [0.4, 0.5) is 5.69 Å². The lowest BCUT2D eigenvalue weighted by molar-refractivity contribution is -0.117. The van der Waals surface area contributed by atoms with Crippen molar-refractivity contribution in [2.45, 2.75) is 0 Å². The Balaban J connectivity index is 1.57. The molecule has 0 atom stereocenters. The number of anilines is 1. The van der Waals surface area contributed by atoms with Crippen molar-refractivity contribution < 1.29 is 9.53 Å². The molecule has 0 aliphatic carbocycles. The summed E-state index contributed by atoms with van der Waals surface area (Å²) in [6, 6.07) is 17.1. The first-order valence-electron chi connectivity index (χ1n) is 7.72. The van der Waals surface area contributed by atoms with E-state index in [1.807, 2.05) is 66.4 Å². The number of carbonyl (C=O) groups is 1. The summed E-state index contributed by atoms with van der Waals surface area (Å²) in [5.74, 6) is 3.72. The third kappa shape index (κ3) is 5.01. The van der Waals surface area contributed by atoms with E-state index in [0.717, 1.165) is 36.0 Å². The molecule has 4 nitrogen and oxygen atoms in total. The Hall–Kier alpha value is -1.98. The smallest absolute Gasteiger partial charge is 0.238 e. The summed E-state index contributed by atoms with van der Waals surface area (Å²) in [5, 5.41) is 2.95. The van der Waals surface area contributed by atoms with Gasteiger partial charge in [0.2, 0.25) is 5.91 Å². The van der Waals surface area contributed by atoms with E-state index >= 15 is 0 Å². The molecular formula is C18H20N2O2S. The molecule has 1 saturated heterocycles. The Morgan fingerprint density at radius 1 is 1.04 bits per heavy atom. The van der Waals surface area contributed by atoms with Crippen LogP contribution in [-0.4, -0.2) is 41.9 Å². The zero-order chi connectivity index (χ0) is 15.9. The Labute approximate surface area is 140 Å². The van der Waals surface area contributed by atoms with Gasteiger partial charge in [-0.15, -0.1) is 0 Å². The van der Waals surface area contributed by atoms with E-state index in [9.17, 15) is 4.79 Å². The molecule has 0 spiro atoms. The molecule has 5 heteroatoms. The molecule has 0 bridgehead atoms. The van der Waals surface area contributed by atoms with Crippen molar-refractivity contribution in [3.8, 4) is 11.5 Å². The number of hydrogen-bond donors (Lipinski definition) is 1. The Morgan fingerprint density at radius 3 is 2.57 bits per heavy atom. The fourth-order valence-electron chi connectivity index (χ4n) is 2.42. The summed E-state index contributed by atoms with van der Waals surface area (Å²) in [7, 11) is 0. The molecule has 1 heterocycles. The van der Waals surface area contributed by atoms with Crippen LogP contribution in [0.1, 0.15) is 0 Å². The van der Waals surface area contributed by atoms with Crippen LogP contribution in [0.15, 0.2) is 54.6 Å². The van der Waals surface area contributed by atoms with Crippen LogP contribution in [0.3, 0.4) is 0 Å². The maximum absolute atomic E-state index is 12.1. The molecule has 3 rings (SSSR count). The highest BCUT2D eigenvalue weighted by molar-refractivity contribution is 7.99. The highest BCUT2D eigenvalue weighted by Gasteiger charge is 2.14. The van der Waals surface area contributed by atoms with Crippen molar-refractivity contribution in [3.05, 3.63) is 54.6 Å². The Bertz CT molecular complexity index is 642. The summed E-state index contributed by atoms with van der Waals surface area (Å²) in [6.07, 6.45) is 0. The fourth-order valence-corrected chi connectivity index (χ4v) is 3.40. The molecule has 0 unspecified atom stereocenters. The van der Waals surface area contributed by atoms with E-state index in [0.29, 0.717) is 12.3 Å². The van der Waals surface area contributed by atoms with Crippen LogP contribution >= 0.6 is 11.8 Å². The van der Waals surface area contributed by atoms with Crippen molar-refractivity contribution in [3.63, 3.8) is 0 Å². The molecular weight excluding hydrogens is 308 g/mol. The first kappa shape index (κ1) is 15.9. The van der Waals surface area contributed by atoms with E-state index in [-0.39, 0.29) is 5.91 Å². The molecule has 120 valence electrons. The Kier molecular flexibility index (Phi) is 5.56. The SMILES string of the molecule is O=C(CN1CCSCC1)Nc1cccc(Oc2ccccc2)c1. The van der Waals surface area contributed by atoms with Crippen molar-refractivity contribution in [2.24, 2.45) is 0 Å². The van der Waals surface area contributed by atoms with Crippen molar-refractivity contribution >= 4 is 23.4 Å². The largest absolute Gasteiger partial charge is 0.457 e. The number of benzene rings is 2. The van der Waals surface area contributed by atoms with Crippen LogP contribution in [-0.2, 0) is 4.79 Å². The summed E-state index contributed by atoms with van der Waals surface area (Å²) < 4.78 is 5.79. The maximum Gasteiger partial charge on any atom is 0.238 e. The molecule has 1 aliphatic rings. The highest BCUT2D eigenvalue weighted by atomic mass is 32.2. The van der Waals surface area contributed by atoms with Gasteiger partial charge in [-0.1, -0.05) is 24.3 Å². The van der Waals surface area contributed by atoms with Crippen LogP contribution in [0.25, 0.3) is 0 Å². The standard InChI is InChI=1S/C18H20N2O2S/c21-18(14-20-9-11-23-12-10-20)19-15-5-4-8-17(13-15)22-16-6-2-1-3-7-16/h1-8,13H,9-12,14H2,(H,19,21). The van der Waals surface area contributed by atoms with Crippen LogP contribution in [0, 0.1) is 0 Å². The number of nitrogens with one attached hydrogen (secondary N) is 1. The predicted molar refractivity (Wildman–Crippen MR) is 95.4 cm³/mol. The fraction of sp³-hybridized carbons (Fsp3) is 0.278.